The van der Waals surface area contributed by atoms with E-state index in [1.54, 1.807) is 11.3 Å². The number of carbonyl (C=O) groups excluding carboxylic acids is 1. The molecular formula is C12H19NO2S. The van der Waals surface area contributed by atoms with E-state index < -0.39 is 5.41 Å². The molecule has 0 radical (unpaired) electrons. The summed E-state index contributed by atoms with van der Waals surface area (Å²) in [4.78, 5) is 12.9. The molecule has 1 heterocycles. The van der Waals surface area contributed by atoms with Crippen molar-refractivity contribution in [2.24, 2.45) is 5.41 Å². The Bertz CT molecular complexity index is 371. The first kappa shape index (κ1) is 13.2. The minimum Gasteiger partial charge on any atom is -0.286 e. The van der Waals surface area contributed by atoms with Gasteiger partial charge in [0, 0.05) is 10.3 Å². The summed E-state index contributed by atoms with van der Waals surface area (Å²) < 4.78 is 0. The molecule has 0 aliphatic rings. The summed E-state index contributed by atoms with van der Waals surface area (Å²) in [5.74, 6) is -0.220. The van der Waals surface area contributed by atoms with E-state index in [0.717, 1.165) is 15.5 Å². The standard InChI is InChI=1S/C12H19NO2S/c1-5-12(3,4)11(14)13(15)8-10-9(2)6-7-16-10/h6-7,15H,5,8H2,1-4H3. The third-order valence-electron chi connectivity index (χ3n) is 2.96. The molecule has 0 saturated heterocycles. The van der Waals surface area contributed by atoms with Gasteiger partial charge in [-0.05, 0) is 30.4 Å². The van der Waals surface area contributed by atoms with Gasteiger partial charge in [-0.3, -0.25) is 10.0 Å². The van der Waals surface area contributed by atoms with Crippen LogP contribution in [0.15, 0.2) is 11.4 Å². The average molecular weight is 241 g/mol. The highest BCUT2D eigenvalue weighted by atomic mass is 32.1. The van der Waals surface area contributed by atoms with E-state index >= 15 is 0 Å². The Hall–Kier alpha value is -0.870. The second kappa shape index (κ2) is 4.97. The zero-order valence-corrected chi connectivity index (χ0v) is 11.1. The number of hydrogen-bond donors (Lipinski definition) is 1. The second-order valence-electron chi connectivity index (χ2n) is 4.63. The van der Waals surface area contributed by atoms with Crippen LogP contribution in [-0.2, 0) is 11.3 Å². The molecule has 1 aromatic rings. The molecule has 1 aromatic heterocycles. The summed E-state index contributed by atoms with van der Waals surface area (Å²) in [7, 11) is 0. The number of rotatable bonds is 4. The van der Waals surface area contributed by atoms with Gasteiger partial charge < -0.3 is 0 Å². The summed E-state index contributed by atoms with van der Waals surface area (Å²) in [5.41, 5.74) is 0.617. The molecule has 0 unspecified atom stereocenters. The molecule has 0 aliphatic heterocycles. The van der Waals surface area contributed by atoms with Crippen molar-refractivity contribution in [3.63, 3.8) is 0 Å². The first-order valence-corrected chi connectivity index (χ1v) is 6.30. The Labute approximate surface area is 101 Å². The molecule has 0 atom stereocenters. The Balaban J connectivity index is 2.70. The summed E-state index contributed by atoms with van der Waals surface area (Å²) in [5, 5.41) is 12.6. The van der Waals surface area contributed by atoms with Gasteiger partial charge in [0.05, 0.1) is 6.54 Å². The van der Waals surface area contributed by atoms with Crippen LogP contribution in [0, 0.1) is 12.3 Å². The predicted octanol–water partition coefficient (Wildman–Crippen LogP) is 3.21. The van der Waals surface area contributed by atoms with E-state index in [2.05, 4.69) is 0 Å². The third kappa shape index (κ3) is 2.83. The second-order valence-corrected chi connectivity index (χ2v) is 5.63. The maximum absolute atomic E-state index is 11.9. The molecular weight excluding hydrogens is 222 g/mol. The molecule has 0 fully saturated rings. The highest BCUT2D eigenvalue weighted by molar-refractivity contribution is 7.10. The lowest BCUT2D eigenvalue weighted by molar-refractivity contribution is -0.178. The van der Waals surface area contributed by atoms with Crippen molar-refractivity contribution in [3.05, 3.63) is 21.9 Å². The van der Waals surface area contributed by atoms with Gasteiger partial charge in [-0.15, -0.1) is 11.3 Å². The van der Waals surface area contributed by atoms with Crippen molar-refractivity contribution in [2.45, 2.75) is 40.7 Å². The van der Waals surface area contributed by atoms with Crippen molar-refractivity contribution in [2.75, 3.05) is 0 Å². The van der Waals surface area contributed by atoms with E-state index in [9.17, 15) is 10.0 Å². The maximum atomic E-state index is 11.9. The molecule has 0 saturated carbocycles. The van der Waals surface area contributed by atoms with Gasteiger partial charge in [0.15, 0.2) is 0 Å². The van der Waals surface area contributed by atoms with Crippen LogP contribution >= 0.6 is 11.3 Å². The number of carbonyl (C=O) groups is 1. The number of thiophene rings is 1. The number of hydrogen-bond acceptors (Lipinski definition) is 3. The normalized spacial score (nSPS) is 11.6. The fourth-order valence-corrected chi connectivity index (χ4v) is 2.16. The van der Waals surface area contributed by atoms with Crippen LogP contribution in [0.5, 0.6) is 0 Å². The smallest absolute Gasteiger partial charge is 0.251 e. The van der Waals surface area contributed by atoms with E-state index in [1.165, 1.54) is 0 Å². The molecule has 1 amide bonds. The van der Waals surface area contributed by atoms with E-state index in [-0.39, 0.29) is 12.5 Å². The van der Waals surface area contributed by atoms with Gasteiger partial charge >= 0.3 is 0 Å². The van der Waals surface area contributed by atoms with Gasteiger partial charge in [0.1, 0.15) is 0 Å². The SMILES string of the molecule is CCC(C)(C)C(=O)N(O)Cc1sccc1C. The van der Waals surface area contributed by atoms with Crippen LogP contribution < -0.4 is 0 Å². The van der Waals surface area contributed by atoms with Crippen LogP contribution in [0.2, 0.25) is 0 Å². The molecule has 16 heavy (non-hydrogen) atoms. The number of amides is 1. The number of hydroxylamine groups is 2. The number of nitrogens with zero attached hydrogens (tertiary/aromatic N) is 1. The minimum absolute atomic E-state index is 0.220. The lowest BCUT2D eigenvalue weighted by Crippen LogP contribution is -2.38. The number of aryl methyl sites for hydroxylation is 1. The van der Waals surface area contributed by atoms with Crippen LogP contribution in [0.25, 0.3) is 0 Å². The fourth-order valence-electron chi connectivity index (χ4n) is 1.27. The molecule has 0 aliphatic carbocycles. The topological polar surface area (TPSA) is 40.5 Å². The van der Waals surface area contributed by atoms with Crippen molar-refractivity contribution < 1.29 is 10.0 Å². The van der Waals surface area contributed by atoms with Gasteiger partial charge in [-0.25, -0.2) is 5.06 Å². The predicted molar refractivity (Wildman–Crippen MR) is 65.5 cm³/mol. The third-order valence-corrected chi connectivity index (χ3v) is 3.97. The average Bonchev–Trinajstić information content (AvgIpc) is 2.63. The Morgan fingerprint density at radius 3 is 2.62 bits per heavy atom. The van der Waals surface area contributed by atoms with E-state index in [0.29, 0.717) is 6.42 Å². The summed E-state index contributed by atoms with van der Waals surface area (Å²) in [6.07, 6.45) is 0.715. The van der Waals surface area contributed by atoms with Crippen molar-refractivity contribution in [3.8, 4) is 0 Å². The molecule has 0 spiro atoms. The lowest BCUT2D eigenvalue weighted by Gasteiger charge is -2.26. The van der Waals surface area contributed by atoms with Gasteiger partial charge in [-0.1, -0.05) is 20.8 Å². The zero-order valence-electron chi connectivity index (χ0n) is 10.3. The monoisotopic (exact) mass is 241 g/mol. The van der Waals surface area contributed by atoms with Crippen molar-refractivity contribution in [1.29, 1.82) is 0 Å². The van der Waals surface area contributed by atoms with Crippen LogP contribution in [0.3, 0.4) is 0 Å². The van der Waals surface area contributed by atoms with Gasteiger partial charge in [0.25, 0.3) is 5.91 Å². The quantitative estimate of drug-likeness (QED) is 0.649. The summed E-state index contributed by atoms with van der Waals surface area (Å²) in [6, 6.07) is 1.99. The van der Waals surface area contributed by atoms with Crippen LogP contribution in [-0.4, -0.2) is 16.2 Å². The van der Waals surface area contributed by atoms with Gasteiger partial charge in [-0.2, -0.15) is 0 Å². The van der Waals surface area contributed by atoms with E-state index in [4.69, 9.17) is 0 Å². The Kier molecular flexibility index (Phi) is 4.10. The first-order chi connectivity index (χ1) is 7.38. The molecule has 4 heteroatoms. The summed E-state index contributed by atoms with van der Waals surface area (Å²) in [6.45, 7) is 7.91. The molecule has 1 N–H and O–H groups in total. The summed E-state index contributed by atoms with van der Waals surface area (Å²) >= 11 is 1.56. The van der Waals surface area contributed by atoms with E-state index in [1.807, 2.05) is 39.1 Å². The molecule has 3 nitrogen and oxygen atoms in total. The zero-order chi connectivity index (χ0) is 12.3. The van der Waals surface area contributed by atoms with Crippen molar-refractivity contribution >= 4 is 17.2 Å². The van der Waals surface area contributed by atoms with Crippen LogP contribution in [0.1, 0.15) is 37.6 Å². The van der Waals surface area contributed by atoms with Gasteiger partial charge in [0.2, 0.25) is 0 Å². The maximum Gasteiger partial charge on any atom is 0.251 e. The molecule has 0 bridgehead atoms. The highest BCUT2D eigenvalue weighted by Gasteiger charge is 2.30. The molecule has 1 rings (SSSR count). The molecule has 90 valence electrons. The Morgan fingerprint density at radius 2 is 2.19 bits per heavy atom. The first-order valence-electron chi connectivity index (χ1n) is 5.42. The Morgan fingerprint density at radius 1 is 1.56 bits per heavy atom. The lowest BCUT2D eigenvalue weighted by atomic mass is 9.89. The fraction of sp³-hybridized carbons (Fsp3) is 0.583. The minimum atomic E-state index is -0.500. The molecule has 0 aromatic carbocycles. The van der Waals surface area contributed by atoms with Crippen LogP contribution in [0.4, 0.5) is 0 Å². The largest absolute Gasteiger partial charge is 0.286 e. The highest BCUT2D eigenvalue weighted by Crippen LogP contribution is 2.24. The van der Waals surface area contributed by atoms with Crippen molar-refractivity contribution in [1.82, 2.24) is 5.06 Å².